The van der Waals surface area contributed by atoms with Crippen LogP contribution >= 0.6 is 0 Å². The molecule has 3 fully saturated rings. The summed E-state index contributed by atoms with van der Waals surface area (Å²) in [5.41, 5.74) is -5.55. The van der Waals surface area contributed by atoms with E-state index >= 15 is 0 Å². The molecule has 382 valence electrons. The van der Waals surface area contributed by atoms with E-state index in [1.807, 2.05) is 104 Å². The maximum atomic E-state index is 14.0. The molecule has 6 heteroatoms. The summed E-state index contributed by atoms with van der Waals surface area (Å²) in [6, 6.07) is 0. The van der Waals surface area contributed by atoms with Crippen LogP contribution in [0.1, 0.15) is 287 Å². The van der Waals surface area contributed by atoms with Gasteiger partial charge in [0.05, 0.1) is 10.8 Å². The Morgan fingerprint density at radius 3 is 0.825 bits per heavy atom. The summed E-state index contributed by atoms with van der Waals surface area (Å²) in [4.78, 5) is 0. The number of alkyl halides is 6. The van der Waals surface area contributed by atoms with Gasteiger partial charge in [0.15, 0.2) is 0 Å². The molecule has 0 aromatic carbocycles. The Labute approximate surface area is 404 Å². The average Bonchev–Trinajstić information content (AvgIpc) is 3.68. The van der Waals surface area contributed by atoms with E-state index in [-0.39, 0.29) is 46.3 Å². The van der Waals surface area contributed by atoms with Crippen LogP contribution < -0.4 is 0 Å². The summed E-state index contributed by atoms with van der Waals surface area (Å²) in [5.74, 6) is -0.666. The third-order valence-corrected chi connectivity index (χ3v) is 17.3. The van der Waals surface area contributed by atoms with Crippen molar-refractivity contribution in [1.29, 1.82) is 0 Å². The van der Waals surface area contributed by atoms with Crippen LogP contribution in [0, 0.1) is 78.8 Å². The summed E-state index contributed by atoms with van der Waals surface area (Å²) in [5, 5.41) is 0. The van der Waals surface area contributed by atoms with E-state index in [4.69, 9.17) is 12.3 Å². The topological polar surface area (TPSA) is 0 Å². The van der Waals surface area contributed by atoms with Gasteiger partial charge in [-0.15, -0.1) is 0 Å². The van der Waals surface area contributed by atoms with Gasteiger partial charge in [-0.2, -0.15) is 26.3 Å². The van der Waals surface area contributed by atoms with Crippen molar-refractivity contribution in [3.63, 3.8) is 0 Å². The molecule has 0 bridgehead atoms. The molecule has 3 aliphatic rings. The Bertz CT molecular complexity index is 1450. The molecule has 3 aliphatic carbocycles. The third-order valence-electron chi connectivity index (χ3n) is 17.3. The zero-order valence-corrected chi connectivity index (χ0v) is 45.3. The van der Waals surface area contributed by atoms with E-state index in [0.29, 0.717) is 31.1 Å². The molecule has 0 spiro atoms. The molecule has 0 radical (unpaired) electrons. The third kappa shape index (κ3) is 18.5. The van der Waals surface area contributed by atoms with Gasteiger partial charge >= 0.3 is 12.4 Å². The van der Waals surface area contributed by atoms with Crippen LogP contribution in [0.2, 0.25) is 0 Å². The van der Waals surface area contributed by atoms with E-state index in [1.54, 1.807) is 13.8 Å². The van der Waals surface area contributed by atoms with E-state index in [9.17, 15) is 26.3 Å². The summed E-state index contributed by atoms with van der Waals surface area (Å²) in [6.45, 7) is 34.3. The lowest BCUT2D eigenvalue weighted by atomic mass is 9.49. The van der Waals surface area contributed by atoms with Gasteiger partial charge in [0.25, 0.3) is 0 Å². The minimum atomic E-state index is -4.18. The fraction of sp³-hybridized carbons (Fsp3) is 1.00. The highest BCUT2D eigenvalue weighted by molar-refractivity contribution is 5.05. The van der Waals surface area contributed by atoms with Gasteiger partial charge in [0.2, 0.25) is 0 Å². The zero-order chi connectivity index (χ0) is 58.0. The first kappa shape index (κ1) is 49.0. The summed E-state index contributed by atoms with van der Waals surface area (Å²) < 4.78 is 150. The van der Waals surface area contributed by atoms with E-state index in [0.717, 1.165) is 77.0 Å². The molecule has 0 aliphatic heterocycles. The quantitative estimate of drug-likeness (QED) is 0.171. The lowest BCUT2D eigenvalue weighted by molar-refractivity contribution is -0.301. The first-order valence-corrected chi connectivity index (χ1v) is 25.5. The van der Waals surface area contributed by atoms with Crippen LogP contribution in [0.4, 0.5) is 26.3 Å². The molecule has 0 aromatic rings. The van der Waals surface area contributed by atoms with Gasteiger partial charge < -0.3 is 0 Å². The molecule has 0 N–H and O–H groups in total. The molecule has 0 saturated heterocycles. The van der Waals surface area contributed by atoms with Gasteiger partial charge in [-0.25, -0.2) is 0 Å². The highest BCUT2D eigenvalue weighted by atomic mass is 19.4. The largest absolute Gasteiger partial charge is 0.395 e. The van der Waals surface area contributed by atoms with Crippen molar-refractivity contribution in [1.82, 2.24) is 0 Å². The normalized spacial score (nSPS) is 23.1. The fourth-order valence-corrected chi connectivity index (χ4v) is 12.2. The molecular formula is C57H112F6. The van der Waals surface area contributed by atoms with Crippen LogP contribution in [-0.4, -0.2) is 12.4 Å². The molecule has 0 amide bonds. The zero-order valence-electron chi connectivity index (χ0n) is 54.3. The summed E-state index contributed by atoms with van der Waals surface area (Å²) in [6.07, 6.45) is 6.73. The predicted octanol–water partition coefficient (Wildman–Crippen LogP) is 21.8. The molecular weight excluding hydrogens is 799 g/mol. The van der Waals surface area contributed by atoms with Gasteiger partial charge in [-0.05, 0) is 152 Å². The minimum Gasteiger partial charge on any atom is -0.170 e. The van der Waals surface area contributed by atoms with Crippen molar-refractivity contribution < 1.29 is 38.7 Å². The minimum absolute atomic E-state index is 0.0154. The highest BCUT2D eigenvalue weighted by Crippen LogP contribution is 2.65. The van der Waals surface area contributed by atoms with Gasteiger partial charge in [0.1, 0.15) is 0 Å². The van der Waals surface area contributed by atoms with Crippen LogP contribution in [0.5, 0.6) is 0 Å². The second kappa shape index (κ2) is 25.3. The van der Waals surface area contributed by atoms with E-state index in [2.05, 4.69) is 13.8 Å². The van der Waals surface area contributed by atoms with Gasteiger partial charge in [0, 0.05) is 12.3 Å². The Hall–Kier alpha value is -0.420. The van der Waals surface area contributed by atoms with Crippen molar-refractivity contribution in [2.75, 3.05) is 0 Å². The molecule has 0 unspecified atom stereocenters. The summed E-state index contributed by atoms with van der Waals surface area (Å²) in [7, 11) is 0. The van der Waals surface area contributed by atoms with Crippen LogP contribution in [-0.2, 0) is 0 Å². The van der Waals surface area contributed by atoms with Crippen LogP contribution in [0.15, 0.2) is 0 Å². The maximum absolute atomic E-state index is 14.0. The van der Waals surface area contributed by atoms with Crippen LogP contribution in [0.25, 0.3) is 0 Å². The molecule has 0 atom stereocenters. The number of hydrogen-bond donors (Lipinski definition) is 0. The number of halogens is 6. The number of hydrogen-bond acceptors (Lipinski definition) is 0. The standard InChI is InChI=1S/C17H33F3.C15H29F3.C10H20.C8H16.C7H14/c1-10(2)14(11(3)4)16(9,17(18,19)20)15(12(5)6)13(7)8;1-8-12(5,9-2)14(7,15(16,17)18)13(6,10-3)11-4;1-9(2)5-7-10(3,4)8-6-9;1-8(2)6-4-3-5-7-8;1-7(2)5-3-4-6-7/h10-15H,1-9H3;8-11H2,1-7H3;5-8H2,1-4H3;3-7H2,1-2H3;3-6H2,1-2H3/i;;3*1D3. The van der Waals surface area contributed by atoms with Gasteiger partial charge in [-0.1, -0.05) is 191 Å². The molecule has 63 heavy (non-hydrogen) atoms. The lowest BCUT2D eigenvalue weighted by Crippen LogP contribution is -2.57. The molecule has 0 aromatic heterocycles. The van der Waals surface area contributed by atoms with E-state index < -0.39 is 60.0 Å². The monoisotopic (exact) mass is 920 g/mol. The lowest BCUT2D eigenvalue weighted by Gasteiger charge is -2.57. The van der Waals surface area contributed by atoms with Crippen molar-refractivity contribution in [3.05, 3.63) is 0 Å². The second-order valence-electron chi connectivity index (χ2n) is 24.6. The predicted molar refractivity (Wildman–Crippen MR) is 267 cm³/mol. The molecule has 0 heterocycles. The Kier molecular flexibility index (Phi) is 19.7. The fourth-order valence-electron chi connectivity index (χ4n) is 12.2. The Morgan fingerprint density at radius 1 is 0.397 bits per heavy atom. The van der Waals surface area contributed by atoms with Crippen molar-refractivity contribution in [3.8, 4) is 0 Å². The maximum Gasteiger partial charge on any atom is 0.395 e. The smallest absolute Gasteiger partial charge is 0.170 e. The second-order valence-corrected chi connectivity index (χ2v) is 24.6. The van der Waals surface area contributed by atoms with Crippen LogP contribution in [0.3, 0.4) is 0 Å². The van der Waals surface area contributed by atoms with Gasteiger partial charge in [-0.3, -0.25) is 0 Å². The highest BCUT2D eigenvalue weighted by Gasteiger charge is 2.67. The Balaban J connectivity index is 0. The SMILES string of the molecule is CC(C)C(C(C)C)C(C)(C(C(C)C)C(C)C)C(F)(F)F.CCC(C)(CC)C(C)(C(F)(F)F)C(C)(CC)CC.[2H]C([2H])([2H])C1(C)CCC(C)(C)CC1.[2H]C([2H])([2H])C1(C)CCCC1.[2H]C([2H])([2H])C1(C)CCCCC1. The molecule has 3 rings (SSSR count). The van der Waals surface area contributed by atoms with Crippen molar-refractivity contribution >= 4 is 0 Å². The summed E-state index contributed by atoms with van der Waals surface area (Å²) >= 11 is 0. The molecule has 0 nitrogen and oxygen atoms in total. The first-order chi connectivity index (χ1) is 31.9. The Morgan fingerprint density at radius 2 is 0.635 bits per heavy atom. The molecule has 3 saturated carbocycles. The average molecular weight is 921 g/mol. The van der Waals surface area contributed by atoms with Crippen molar-refractivity contribution in [2.45, 2.75) is 287 Å². The van der Waals surface area contributed by atoms with E-state index in [1.165, 1.54) is 20.3 Å². The van der Waals surface area contributed by atoms with Crippen molar-refractivity contribution in [2.24, 2.45) is 78.8 Å². The number of rotatable bonds is 12. The first-order valence-electron chi connectivity index (χ1n) is 30.0.